The summed E-state index contributed by atoms with van der Waals surface area (Å²) in [7, 11) is -4.15. The Bertz CT molecular complexity index is 1160. The van der Waals surface area contributed by atoms with E-state index in [0.29, 0.717) is 0 Å². The number of non-ortho nitro benzene ring substituents is 1. The lowest BCUT2D eigenvalue weighted by molar-refractivity contribution is -0.385. The molecule has 0 fully saturated rings. The van der Waals surface area contributed by atoms with Crippen LogP contribution in [0.25, 0.3) is 0 Å². The van der Waals surface area contributed by atoms with Gasteiger partial charge in [-0.25, -0.2) is 0 Å². The minimum absolute atomic E-state index is 0.217. The van der Waals surface area contributed by atoms with Crippen molar-refractivity contribution < 1.29 is 13.3 Å². The zero-order valence-corrected chi connectivity index (χ0v) is 17.6. The molecule has 3 aromatic carbocycles. The maximum atomic E-state index is 12.9. The number of nitrogens with zero attached hydrogens (tertiary/aromatic N) is 3. The van der Waals surface area contributed by atoms with Crippen LogP contribution in [-0.2, 0) is 10.0 Å². The monoisotopic (exact) mass is 423 g/mol. The SMILES string of the molecule is C/C(=N\S(=O)(=O)c1cccc([N+](=O)[O-])c1)N(c1ccc(C)cc1)c1ccc(C)cc1. The van der Waals surface area contributed by atoms with E-state index in [1.165, 1.54) is 18.2 Å². The van der Waals surface area contributed by atoms with Crippen molar-refractivity contribution in [2.75, 3.05) is 4.90 Å². The molecule has 0 radical (unpaired) electrons. The van der Waals surface area contributed by atoms with Crippen LogP contribution in [0.2, 0.25) is 0 Å². The number of rotatable bonds is 5. The molecule has 0 bridgehead atoms. The van der Waals surface area contributed by atoms with E-state index < -0.39 is 14.9 Å². The van der Waals surface area contributed by atoms with Gasteiger partial charge in [0.15, 0.2) is 0 Å². The fraction of sp³-hybridized carbons (Fsp3) is 0.136. The van der Waals surface area contributed by atoms with Gasteiger partial charge >= 0.3 is 0 Å². The molecule has 0 aromatic heterocycles. The molecular weight excluding hydrogens is 402 g/mol. The van der Waals surface area contributed by atoms with Crippen molar-refractivity contribution in [1.29, 1.82) is 0 Å². The summed E-state index contributed by atoms with van der Waals surface area (Å²) < 4.78 is 29.7. The number of sulfonamides is 1. The number of nitro groups is 1. The Kier molecular flexibility index (Phi) is 5.98. The molecule has 3 aromatic rings. The van der Waals surface area contributed by atoms with Crippen molar-refractivity contribution in [1.82, 2.24) is 0 Å². The molecule has 30 heavy (non-hydrogen) atoms. The van der Waals surface area contributed by atoms with Crippen molar-refractivity contribution in [2.45, 2.75) is 25.7 Å². The fourth-order valence-electron chi connectivity index (χ4n) is 2.94. The summed E-state index contributed by atoms with van der Waals surface area (Å²) in [5, 5.41) is 11.0. The second-order valence-electron chi connectivity index (χ2n) is 6.87. The largest absolute Gasteiger partial charge is 0.298 e. The summed E-state index contributed by atoms with van der Waals surface area (Å²) in [4.78, 5) is 11.9. The van der Waals surface area contributed by atoms with Gasteiger partial charge in [-0.1, -0.05) is 41.5 Å². The normalized spacial score (nSPS) is 11.9. The first-order valence-electron chi connectivity index (χ1n) is 9.17. The first-order chi connectivity index (χ1) is 14.2. The zero-order chi connectivity index (χ0) is 21.9. The average Bonchev–Trinajstić information content (AvgIpc) is 2.71. The summed E-state index contributed by atoms with van der Waals surface area (Å²) in [6, 6.07) is 20.1. The maximum Gasteiger partial charge on any atom is 0.284 e. The molecule has 0 heterocycles. The minimum atomic E-state index is -4.15. The first kappa shape index (κ1) is 21.2. The van der Waals surface area contributed by atoms with E-state index in [1.54, 1.807) is 11.8 Å². The smallest absolute Gasteiger partial charge is 0.284 e. The lowest BCUT2D eigenvalue weighted by atomic mass is 10.1. The minimum Gasteiger partial charge on any atom is -0.298 e. The van der Waals surface area contributed by atoms with Gasteiger partial charge in [-0.2, -0.15) is 8.42 Å². The Morgan fingerprint density at radius 3 is 1.87 bits per heavy atom. The van der Waals surface area contributed by atoms with E-state index in [-0.39, 0.29) is 16.4 Å². The molecule has 8 heteroatoms. The summed E-state index contributed by atoms with van der Waals surface area (Å²) in [6.07, 6.45) is 0. The van der Waals surface area contributed by atoms with Crippen molar-refractivity contribution in [3.63, 3.8) is 0 Å². The number of hydrogen-bond acceptors (Lipinski definition) is 4. The molecule has 0 N–H and O–H groups in total. The highest BCUT2D eigenvalue weighted by Crippen LogP contribution is 2.28. The van der Waals surface area contributed by atoms with E-state index in [1.807, 2.05) is 62.4 Å². The summed E-state index contributed by atoms with van der Waals surface area (Å²) in [5.41, 5.74) is 3.33. The lowest BCUT2D eigenvalue weighted by Crippen LogP contribution is -2.24. The van der Waals surface area contributed by atoms with Crippen molar-refractivity contribution >= 4 is 32.9 Å². The van der Waals surface area contributed by atoms with E-state index >= 15 is 0 Å². The molecule has 154 valence electrons. The fourth-order valence-corrected chi connectivity index (χ4v) is 3.99. The molecule has 0 atom stereocenters. The topological polar surface area (TPSA) is 92.9 Å². The van der Waals surface area contributed by atoms with Crippen LogP contribution in [0.5, 0.6) is 0 Å². The van der Waals surface area contributed by atoms with Gasteiger partial charge in [0, 0.05) is 23.5 Å². The molecule has 7 nitrogen and oxygen atoms in total. The Hall–Kier alpha value is -3.52. The molecule has 0 saturated carbocycles. The van der Waals surface area contributed by atoms with Gasteiger partial charge in [0.25, 0.3) is 15.7 Å². The molecule has 0 unspecified atom stereocenters. The van der Waals surface area contributed by atoms with Gasteiger partial charge in [-0.05, 0) is 51.1 Å². The highest BCUT2D eigenvalue weighted by Gasteiger charge is 2.20. The number of amidine groups is 1. The molecule has 0 saturated heterocycles. The standard InChI is InChI=1S/C22H21N3O4S/c1-16-7-11-19(12-8-16)24(20-13-9-17(2)10-14-20)18(3)23-30(28,29)22-6-4-5-21(15-22)25(26)27/h4-15H,1-3H3/b23-18+. The zero-order valence-electron chi connectivity index (χ0n) is 16.8. The Labute approximate surface area is 175 Å². The quantitative estimate of drug-likeness (QED) is 0.245. The van der Waals surface area contributed by atoms with Gasteiger partial charge in [0.05, 0.1) is 9.82 Å². The van der Waals surface area contributed by atoms with Crippen LogP contribution in [0.3, 0.4) is 0 Å². The second-order valence-corrected chi connectivity index (χ2v) is 8.48. The predicted molar refractivity (Wildman–Crippen MR) is 118 cm³/mol. The number of hydrogen-bond donors (Lipinski definition) is 0. The van der Waals surface area contributed by atoms with Crippen molar-refractivity contribution in [3.05, 3.63) is 94.0 Å². The first-order valence-corrected chi connectivity index (χ1v) is 10.6. The molecule has 0 aliphatic carbocycles. The van der Waals surface area contributed by atoms with Gasteiger partial charge in [0.2, 0.25) is 0 Å². The molecule has 3 rings (SSSR count). The summed E-state index contributed by atoms with van der Waals surface area (Å²) in [5.74, 6) is 0.217. The van der Waals surface area contributed by atoms with Crippen LogP contribution in [-0.4, -0.2) is 19.2 Å². The van der Waals surface area contributed by atoms with Crippen LogP contribution in [0.1, 0.15) is 18.1 Å². The molecule has 0 amide bonds. The Balaban J connectivity index is 2.09. The number of aryl methyl sites for hydroxylation is 2. The third-order valence-electron chi connectivity index (χ3n) is 4.49. The van der Waals surface area contributed by atoms with Gasteiger partial charge in [-0.15, -0.1) is 4.40 Å². The Morgan fingerprint density at radius 2 is 1.40 bits per heavy atom. The lowest BCUT2D eigenvalue weighted by Gasteiger charge is -2.24. The second kappa shape index (κ2) is 8.46. The number of anilines is 2. The highest BCUT2D eigenvalue weighted by molar-refractivity contribution is 7.90. The van der Waals surface area contributed by atoms with Crippen LogP contribution < -0.4 is 4.90 Å². The Morgan fingerprint density at radius 1 is 0.900 bits per heavy atom. The number of benzene rings is 3. The molecule has 0 aliphatic heterocycles. The molecule has 0 aliphatic rings. The van der Waals surface area contributed by atoms with Gasteiger partial charge < -0.3 is 0 Å². The van der Waals surface area contributed by atoms with Crippen molar-refractivity contribution in [3.8, 4) is 0 Å². The average molecular weight is 423 g/mol. The maximum absolute atomic E-state index is 12.9. The predicted octanol–water partition coefficient (Wildman–Crippen LogP) is 5.16. The molecular formula is C22H21N3O4S. The summed E-state index contributed by atoms with van der Waals surface area (Å²) >= 11 is 0. The van der Waals surface area contributed by atoms with Crippen molar-refractivity contribution in [2.24, 2.45) is 4.40 Å². The van der Waals surface area contributed by atoms with Crippen LogP contribution in [0, 0.1) is 24.0 Å². The van der Waals surface area contributed by atoms with Crippen LogP contribution >= 0.6 is 0 Å². The van der Waals surface area contributed by atoms with Gasteiger partial charge in [0.1, 0.15) is 5.84 Å². The van der Waals surface area contributed by atoms with Gasteiger partial charge in [-0.3, -0.25) is 15.0 Å². The number of nitro benzene ring substituents is 1. The van der Waals surface area contributed by atoms with Crippen LogP contribution in [0.4, 0.5) is 17.1 Å². The third kappa shape index (κ3) is 4.72. The third-order valence-corrected chi connectivity index (χ3v) is 5.84. The van der Waals surface area contributed by atoms with E-state index in [2.05, 4.69) is 4.40 Å². The van der Waals surface area contributed by atoms with E-state index in [0.717, 1.165) is 28.6 Å². The molecule has 0 spiro atoms. The van der Waals surface area contributed by atoms with E-state index in [9.17, 15) is 18.5 Å². The highest BCUT2D eigenvalue weighted by atomic mass is 32.2. The van der Waals surface area contributed by atoms with Crippen LogP contribution in [0.15, 0.2) is 82.1 Å². The summed E-state index contributed by atoms with van der Waals surface area (Å²) in [6.45, 7) is 5.52. The van der Waals surface area contributed by atoms with E-state index in [4.69, 9.17) is 0 Å².